The monoisotopic (exact) mass is 478 g/mol. The lowest BCUT2D eigenvalue weighted by Gasteiger charge is -2.29. The van der Waals surface area contributed by atoms with Crippen LogP contribution in [-0.2, 0) is 21.4 Å². The van der Waals surface area contributed by atoms with Crippen LogP contribution in [0.4, 0.5) is 10.5 Å². The van der Waals surface area contributed by atoms with Crippen LogP contribution in [-0.4, -0.2) is 51.3 Å². The van der Waals surface area contributed by atoms with Crippen LogP contribution < -0.4 is 14.2 Å². The molecule has 0 bridgehead atoms. The summed E-state index contributed by atoms with van der Waals surface area (Å²) in [4.78, 5) is 26.5. The molecule has 9 nitrogen and oxygen atoms in total. The third kappa shape index (κ3) is 7.67. The maximum atomic E-state index is 13.0. The fraction of sp³-hybridized carbons (Fsp3) is 0.391. The molecule has 2 aromatic rings. The molecule has 0 fully saturated rings. The second kappa shape index (κ2) is 11.6. The van der Waals surface area contributed by atoms with Crippen LogP contribution in [0.25, 0.3) is 0 Å². The van der Waals surface area contributed by atoms with Gasteiger partial charge in [0, 0.05) is 18.3 Å². The summed E-state index contributed by atoms with van der Waals surface area (Å²) < 4.78 is 38.3. The summed E-state index contributed by atoms with van der Waals surface area (Å²) in [5.41, 5.74) is 1.59. The Kier molecular flexibility index (Phi) is 9.10. The van der Waals surface area contributed by atoms with Gasteiger partial charge in [-0.2, -0.15) is 8.42 Å². The zero-order valence-electron chi connectivity index (χ0n) is 19.5. The van der Waals surface area contributed by atoms with Gasteiger partial charge >= 0.3 is 22.1 Å². The fourth-order valence-corrected chi connectivity index (χ4v) is 3.45. The van der Waals surface area contributed by atoms with E-state index in [2.05, 4.69) is 5.32 Å². The quantitative estimate of drug-likeness (QED) is 0.405. The van der Waals surface area contributed by atoms with Crippen molar-refractivity contribution in [3.8, 4) is 11.5 Å². The molecule has 10 heteroatoms. The molecule has 0 saturated carbocycles. The number of urea groups is 1. The molecule has 0 aliphatic heterocycles. The summed E-state index contributed by atoms with van der Waals surface area (Å²) in [6, 6.07) is 10.9. The van der Waals surface area contributed by atoms with Gasteiger partial charge in [-0.3, -0.25) is 0 Å². The van der Waals surface area contributed by atoms with Gasteiger partial charge in [-0.15, -0.1) is 0 Å². The molecule has 0 saturated heterocycles. The standard InChI is InChI=1S/C23H30N2O7S/c1-6-16(3)25(15-17-8-13-20(30-4)21(14-17)32-33(5,28)29)23(27)24-19-11-9-18(10-12-19)22(26)31-7-2/h8-14,16H,6-7,15H2,1-5H3,(H,24,27). The lowest BCUT2D eigenvalue weighted by molar-refractivity contribution is 0.0526. The average Bonchev–Trinajstić information content (AvgIpc) is 2.76. The number of rotatable bonds is 10. The van der Waals surface area contributed by atoms with Crippen LogP contribution in [0.2, 0.25) is 0 Å². The number of esters is 1. The third-order valence-electron chi connectivity index (χ3n) is 4.85. The van der Waals surface area contributed by atoms with Crippen LogP contribution in [0.1, 0.15) is 43.1 Å². The van der Waals surface area contributed by atoms with Crippen LogP contribution >= 0.6 is 0 Å². The molecule has 0 spiro atoms. The Balaban J connectivity index is 2.22. The highest BCUT2D eigenvalue weighted by atomic mass is 32.2. The second-order valence-electron chi connectivity index (χ2n) is 7.39. The first-order valence-corrected chi connectivity index (χ1v) is 12.3. The number of hydrogen-bond acceptors (Lipinski definition) is 7. The number of carbonyl (C=O) groups is 2. The molecule has 0 aliphatic rings. The van der Waals surface area contributed by atoms with E-state index in [0.717, 1.165) is 6.26 Å². The first-order valence-electron chi connectivity index (χ1n) is 10.5. The Morgan fingerprint density at radius 1 is 1.06 bits per heavy atom. The number of carbonyl (C=O) groups excluding carboxylic acids is 2. The van der Waals surface area contributed by atoms with Gasteiger partial charge < -0.3 is 23.9 Å². The van der Waals surface area contributed by atoms with Crippen LogP contribution in [0, 0.1) is 0 Å². The molecular weight excluding hydrogens is 448 g/mol. The summed E-state index contributed by atoms with van der Waals surface area (Å²) in [5, 5.41) is 2.83. The molecule has 0 aliphatic carbocycles. The number of hydrogen-bond donors (Lipinski definition) is 1. The predicted molar refractivity (Wildman–Crippen MR) is 125 cm³/mol. The second-order valence-corrected chi connectivity index (χ2v) is 8.96. The molecule has 2 amide bonds. The van der Waals surface area contributed by atoms with Gasteiger partial charge in [-0.05, 0) is 62.2 Å². The number of nitrogens with zero attached hydrogens (tertiary/aromatic N) is 1. The van der Waals surface area contributed by atoms with Crippen molar-refractivity contribution >= 4 is 27.8 Å². The number of ether oxygens (including phenoxy) is 2. The summed E-state index contributed by atoms with van der Waals surface area (Å²) in [6.07, 6.45) is 1.66. The molecule has 180 valence electrons. The Morgan fingerprint density at radius 2 is 1.73 bits per heavy atom. The smallest absolute Gasteiger partial charge is 0.338 e. The number of amides is 2. The fourth-order valence-electron chi connectivity index (χ4n) is 2.99. The van der Waals surface area contributed by atoms with E-state index in [1.807, 2.05) is 13.8 Å². The molecule has 2 aromatic carbocycles. The largest absolute Gasteiger partial charge is 0.493 e. The lowest BCUT2D eigenvalue weighted by Crippen LogP contribution is -2.40. The highest BCUT2D eigenvalue weighted by Gasteiger charge is 2.21. The van der Waals surface area contributed by atoms with Gasteiger partial charge in [0.1, 0.15) is 0 Å². The van der Waals surface area contributed by atoms with E-state index < -0.39 is 16.1 Å². The first-order chi connectivity index (χ1) is 15.6. The lowest BCUT2D eigenvalue weighted by atomic mass is 10.1. The van der Waals surface area contributed by atoms with Crippen LogP contribution in [0.5, 0.6) is 11.5 Å². The minimum atomic E-state index is -3.75. The van der Waals surface area contributed by atoms with Gasteiger partial charge in [0.25, 0.3) is 0 Å². The van der Waals surface area contributed by atoms with Crippen LogP contribution in [0.15, 0.2) is 42.5 Å². The van der Waals surface area contributed by atoms with E-state index in [0.29, 0.717) is 23.2 Å². The molecule has 1 unspecified atom stereocenters. The van der Waals surface area contributed by atoms with E-state index in [4.69, 9.17) is 13.7 Å². The highest BCUT2D eigenvalue weighted by molar-refractivity contribution is 7.86. The van der Waals surface area contributed by atoms with E-state index in [9.17, 15) is 18.0 Å². The number of methoxy groups -OCH3 is 1. The molecule has 0 heterocycles. The molecule has 0 radical (unpaired) electrons. The van der Waals surface area contributed by atoms with Crippen LogP contribution in [0.3, 0.4) is 0 Å². The number of anilines is 1. The Hall–Kier alpha value is -3.27. The zero-order valence-corrected chi connectivity index (χ0v) is 20.3. The summed E-state index contributed by atoms with van der Waals surface area (Å²) in [6.45, 7) is 6.11. The number of benzene rings is 2. The maximum absolute atomic E-state index is 13.0. The molecule has 2 rings (SSSR count). The topological polar surface area (TPSA) is 111 Å². The average molecular weight is 479 g/mol. The summed E-state index contributed by atoms with van der Waals surface area (Å²) in [5.74, 6) is -0.106. The minimum absolute atomic E-state index is 0.0524. The Bertz CT molecular complexity index is 1070. The predicted octanol–water partition coefficient (Wildman–Crippen LogP) is 4.04. The van der Waals surface area contributed by atoms with E-state index in [1.54, 1.807) is 48.2 Å². The van der Waals surface area contributed by atoms with Crippen molar-refractivity contribution in [2.45, 2.75) is 39.8 Å². The van der Waals surface area contributed by atoms with Crippen molar-refractivity contribution in [3.63, 3.8) is 0 Å². The zero-order chi connectivity index (χ0) is 24.6. The van der Waals surface area contributed by atoms with Crippen molar-refractivity contribution in [2.75, 3.05) is 25.3 Å². The highest BCUT2D eigenvalue weighted by Crippen LogP contribution is 2.30. The third-order valence-corrected chi connectivity index (χ3v) is 5.34. The van der Waals surface area contributed by atoms with Gasteiger partial charge in [-0.1, -0.05) is 13.0 Å². The van der Waals surface area contributed by atoms with E-state index >= 15 is 0 Å². The minimum Gasteiger partial charge on any atom is -0.493 e. The van der Waals surface area contributed by atoms with E-state index in [1.165, 1.54) is 13.2 Å². The van der Waals surface area contributed by atoms with Crippen molar-refractivity contribution < 1.29 is 31.7 Å². The van der Waals surface area contributed by atoms with Crippen molar-refractivity contribution in [1.82, 2.24) is 4.90 Å². The summed E-state index contributed by atoms with van der Waals surface area (Å²) >= 11 is 0. The van der Waals surface area contributed by atoms with Crippen molar-refractivity contribution in [2.24, 2.45) is 0 Å². The van der Waals surface area contributed by atoms with Crippen molar-refractivity contribution in [3.05, 3.63) is 53.6 Å². The molecule has 33 heavy (non-hydrogen) atoms. The number of nitrogens with one attached hydrogen (secondary N) is 1. The van der Waals surface area contributed by atoms with Gasteiger partial charge in [0.15, 0.2) is 11.5 Å². The van der Waals surface area contributed by atoms with Gasteiger partial charge in [-0.25, -0.2) is 9.59 Å². The van der Waals surface area contributed by atoms with Gasteiger partial charge in [0.2, 0.25) is 0 Å². The SMILES string of the molecule is CCOC(=O)c1ccc(NC(=O)N(Cc2ccc(OC)c(OS(C)(=O)=O)c2)C(C)CC)cc1. The Morgan fingerprint density at radius 3 is 2.27 bits per heavy atom. The normalized spacial score (nSPS) is 11.9. The van der Waals surface area contributed by atoms with E-state index in [-0.39, 0.29) is 36.7 Å². The maximum Gasteiger partial charge on any atom is 0.338 e. The molecule has 1 atom stereocenters. The Labute approximate surface area is 194 Å². The molecule has 0 aromatic heterocycles. The van der Waals surface area contributed by atoms with Gasteiger partial charge in [0.05, 0.1) is 25.5 Å². The molecular formula is C23H30N2O7S. The first kappa shape index (κ1) is 26.0. The molecule has 1 N–H and O–H groups in total. The van der Waals surface area contributed by atoms with Crippen molar-refractivity contribution in [1.29, 1.82) is 0 Å². The summed E-state index contributed by atoms with van der Waals surface area (Å²) in [7, 11) is -2.34.